The van der Waals surface area contributed by atoms with Crippen molar-refractivity contribution >= 4 is 24.0 Å². The largest absolute Gasteiger partial charge is 0.444 e. The quantitative estimate of drug-likeness (QED) is 0.908. The number of benzene rings is 1. The van der Waals surface area contributed by atoms with Gasteiger partial charge < -0.3 is 15.1 Å². The number of hydrogen-bond donors (Lipinski definition) is 2. The van der Waals surface area contributed by atoms with Crippen LogP contribution < -0.4 is 10.6 Å². The van der Waals surface area contributed by atoms with Crippen LogP contribution in [0.25, 0.3) is 11.3 Å². The minimum atomic E-state index is 0. The van der Waals surface area contributed by atoms with Gasteiger partial charge in [-0.2, -0.15) is 0 Å². The van der Waals surface area contributed by atoms with E-state index in [0.29, 0.717) is 18.1 Å². The Morgan fingerprint density at radius 3 is 2.91 bits per heavy atom. The number of rotatable bonds is 4. The number of hydrogen-bond acceptors (Lipinski definition) is 4. The standard InChI is InChI=1S/C16H19N3O2.ClH/c20-16(8-12-4-6-17-7-5-12)19-14-3-1-2-13(9-14)15-10-18-11-21-15;/h1-3,9-12,17H,4-8H2,(H,19,20);1H. The SMILES string of the molecule is Cl.O=C(CC1CCNCC1)Nc1cccc(-c2cnco2)c1. The van der Waals surface area contributed by atoms with Gasteiger partial charge in [0.1, 0.15) is 0 Å². The van der Waals surface area contributed by atoms with E-state index in [-0.39, 0.29) is 18.3 Å². The molecule has 1 fully saturated rings. The zero-order valence-electron chi connectivity index (χ0n) is 12.2. The molecule has 0 saturated carbocycles. The summed E-state index contributed by atoms with van der Waals surface area (Å²) in [6.45, 7) is 2.03. The van der Waals surface area contributed by atoms with Crippen molar-refractivity contribution in [3.05, 3.63) is 36.9 Å². The van der Waals surface area contributed by atoms with Gasteiger partial charge in [0, 0.05) is 17.7 Å². The molecule has 2 aromatic rings. The number of halogens is 1. The number of amides is 1. The van der Waals surface area contributed by atoms with Gasteiger partial charge in [-0.05, 0) is 44.0 Å². The predicted molar refractivity (Wildman–Crippen MR) is 88.0 cm³/mol. The average Bonchev–Trinajstić information content (AvgIpc) is 3.02. The van der Waals surface area contributed by atoms with Gasteiger partial charge in [-0.15, -0.1) is 12.4 Å². The van der Waals surface area contributed by atoms with E-state index in [9.17, 15) is 4.79 Å². The first kappa shape index (κ1) is 16.5. The van der Waals surface area contributed by atoms with Crippen molar-refractivity contribution in [2.75, 3.05) is 18.4 Å². The lowest BCUT2D eigenvalue weighted by atomic mass is 9.94. The summed E-state index contributed by atoms with van der Waals surface area (Å²) in [5, 5.41) is 6.28. The van der Waals surface area contributed by atoms with Gasteiger partial charge in [-0.1, -0.05) is 12.1 Å². The van der Waals surface area contributed by atoms with Crippen LogP contribution in [0.4, 0.5) is 5.69 Å². The third-order valence-corrected chi connectivity index (χ3v) is 3.80. The van der Waals surface area contributed by atoms with Gasteiger partial charge in [-0.25, -0.2) is 4.98 Å². The molecule has 1 aliphatic rings. The second-order valence-corrected chi connectivity index (χ2v) is 5.39. The van der Waals surface area contributed by atoms with Gasteiger partial charge in [0.25, 0.3) is 0 Å². The Morgan fingerprint density at radius 1 is 1.36 bits per heavy atom. The Bertz CT molecular complexity index is 595. The summed E-state index contributed by atoms with van der Waals surface area (Å²) in [7, 11) is 0. The molecule has 2 heterocycles. The highest BCUT2D eigenvalue weighted by atomic mass is 35.5. The molecule has 0 unspecified atom stereocenters. The number of anilines is 1. The van der Waals surface area contributed by atoms with Gasteiger partial charge in [0.15, 0.2) is 12.2 Å². The molecule has 0 atom stereocenters. The highest BCUT2D eigenvalue weighted by Crippen LogP contribution is 2.23. The molecule has 0 bridgehead atoms. The molecule has 0 aliphatic carbocycles. The summed E-state index contributed by atoms with van der Waals surface area (Å²) in [4.78, 5) is 16.0. The van der Waals surface area contributed by atoms with Crippen LogP contribution in [0.3, 0.4) is 0 Å². The highest BCUT2D eigenvalue weighted by molar-refractivity contribution is 5.91. The predicted octanol–water partition coefficient (Wildman–Crippen LogP) is 3.09. The molecule has 118 valence electrons. The Kier molecular flexibility index (Phi) is 5.98. The van der Waals surface area contributed by atoms with Crippen LogP contribution in [-0.4, -0.2) is 24.0 Å². The van der Waals surface area contributed by atoms with E-state index in [1.165, 1.54) is 6.39 Å². The summed E-state index contributed by atoms with van der Waals surface area (Å²) in [5.41, 5.74) is 1.70. The minimum Gasteiger partial charge on any atom is -0.444 e. The van der Waals surface area contributed by atoms with E-state index in [1.807, 2.05) is 24.3 Å². The zero-order valence-corrected chi connectivity index (χ0v) is 13.1. The third-order valence-electron chi connectivity index (χ3n) is 3.80. The van der Waals surface area contributed by atoms with Crippen LogP contribution in [0.15, 0.2) is 41.3 Å². The van der Waals surface area contributed by atoms with E-state index in [1.54, 1.807) is 6.20 Å². The molecule has 1 aliphatic heterocycles. The Hall–Kier alpha value is -1.85. The second kappa shape index (κ2) is 7.96. The molecular weight excluding hydrogens is 302 g/mol. The van der Waals surface area contributed by atoms with Crippen molar-refractivity contribution in [2.24, 2.45) is 5.92 Å². The van der Waals surface area contributed by atoms with Gasteiger partial charge in [-0.3, -0.25) is 4.79 Å². The first-order valence-corrected chi connectivity index (χ1v) is 7.31. The van der Waals surface area contributed by atoms with Crippen LogP contribution in [0.5, 0.6) is 0 Å². The number of piperidine rings is 1. The molecule has 2 N–H and O–H groups in total. The molecule has 22 heavy (non-hydrogen) atoms. The highest BCUT2D eigenvalue weighted by Gasteiger charge is 2.16. The fourth-order valence-corrected chi connectivity index (χ4v) is 2.67. The number of carbonyl (C=O) groups excluding carboxylic acids is 1. The Morgan fingerprint density at radius 2 is 2.18 bits per heavy atom. The maximum absolute atomic E-state index is 12.1. The first-order chi connectivity index (χ1) is 10.3. The van der Waals surface area contributed by atoms with E-state index in [4.69, 9.17) is 4.42 Å². The third kappa shape index (κ3) is 4.32. The lowest BCUT2D eigenvalue weighted by Crippen LogP contribution is -2.30. The number of nitrogens with one attached hydrogen (secondary N) is 2. The monoisotopic (exact) mass is 321 g/mol. The summed E-state index contributed by atoms with van der Waals surface area (Å²) < 4.78 is 5.27. The molecule has 6 heteroatoms. The average molecular weight is 322 g/mol. The molecule has 3 rings (SSSR count). The maximum atomic E-state index is 12.1. The van der Waals surface area contributed by atoms with Crippen LogP contribution in [0, 0.1) is 5.92 Å². The van der Waals surface area contributed by atoms with Crippen molar-refractivity contribution in [2.45, 2.75) is 19.3 Å². The lowest BCUT2D eigenvalue weighted by molar-refractivity contribution is -0.117. The van der Waals surface area contributed by atoms with Crippen molar-refractivity contribution < 1.29 is 9.21 Å². The molecule has 1 saturated heterocycles. The number of oxazole rings is 1. The van der Waals surface area contributed by atoms with E-state index >= 15 is 0 Å². The lowest BCUT2D eigenvalue weighted by Gasteiger charge is -2.21. The smallest absolute Gasteiger partial charge is 0.224 e. The second-order valence-electron chi connectivity index (χ2n) is 5.39. The molecule has 1 amide bonds. The molecular formula is C16H20ClN3O2. The van der Waals surface area contributed by atoms with Gasteiger partial charge in [0.2, 0.25) is 5.91 Å². The molecule has 1 aromatic carbocycles. The molecule has 1 aromatic heterocycles. The summed E-state index contributed by atoms with van der Waals surface area (Å²) >= 11 is 0. The zero-order chi connectivity index (χ0) is 14.5. The molecule has 0 spiro atoms. The van der Waals surface area contributed by atoms with E-state index in [2.05, 4.69) is 15.6 Å². The normalized spacial score (nSPS) is 15.1. The number of carbonyl (C=O) groups is 1. The van der Waals surface area contributed by atoms with Gasteiger partial charge >= 0.3 is 0 Å². The topological polar surface area (TPSA) is 67.2 Å². The summed E-state index contributed by atoms with van der Waals surface area (Å²) in [5.74, 6) is 1.27. The van der Waals surface area contributed by atoms with Crippen molar-refractivity contribution in [1.82, 2.24) is 10.3 Å². The van der Waals surface area contributed by atoms with Crippen LogP contribution in [0.2, 0.25) is 0 Å². The van der Waals surface area contributed by atoms with Crippen LogP contribution >= 0.6 is 12.4 Å². The molecule has 5 nitrogen and oxygen atoms in total. The van der Waals surface area contributed by atoms with E-state index < -0.39 is 0 Å². The molecule has 0 radical (unpaired) electrons. The Balaban J connectivity index is 0.00000176. The number of nitrogens with zero attached hydrogens (tertiary/aromatic N) is 1. The maximum Gasteiger partial charge on any atom is 0.224 e. The van der Waals surface area contributed by atoms with Crippen molar-refractivity contribution in [3.8, 4) is 11.3 Å². The Labute approximate surface area is 135 Å². The minimum absolute atomic E-state index is 0. The van der Waals surface area contributed by atoms with Crippen molar-refractivity contribution in [1.29, 1.82) is 0 Å². The van der Waals surface area contributed by atoms with Gasteiger partial charge in [0.05, 0.1) is 6.20 Å². The summed E-state index contributed by atoms with van der Waals surface area (Å²) in [6, 6.07) is 7.63. The first-order valence-electron chi connectivity index (χ1n) is 7.31. The van der Waals surface area contributed by atoms with Crippen LogP contribution in [-0.2, 0) is 4.79 Å². The van der Waals surface area contributed by atoms with Crippen molar-refractivity contribution in [3.63, 3.8) is 0 Å². The number of aromatic nitrogens is 1. The summed E-state index contributed by atoms with van der Waals surface area (Å²) in [6.07, 6.45) is 5.80. The van der Waals surface area contributed by atoms with E-state index in [0.717, 1.165) is 37.2 Å². The fraction of sp³-hybridized carbons (Fsp3) is 0.375. The fourth-order valence-electron chi connectivity index (χ4n) is 2.67. The van der Waals surface area contributed by atoms with Crippen LogP contribution in [0.1, 0.15) is 19.3 Å².